The number of fused-ring (bicyclic) bond motifs is 14. The van der Waals surface area contributed by atoms with E-state index in [1.54, 1.807) is 0 Å². The molecule has 8 aromatic rings. The lowest BCUT2D eigenvalue weighted by atomic mass is 9.97. The Bertz CT molecular complexity index is 2210. The second-order valence-corrected chi connectivity index (χ2v) is 10.0. The summed E-state index contributed by atoms with van der Waals surface area (Å²) in [4.78, 5) is 4.89. The number of para-hydroxylation sites is 2. The molecule has 3 nitrogen and oxygen atoms in total. The van der Waals surface area contributed by atoms with Crippen molar-refractivity contribution in [2.24, 2.45) is 0 Å². The number of imidazole rings is 1. The van der Waals surface area contributed by atoms with Gasteiger partial charge >= 0.3 is 0 Å². The minimum Gasteiger partial charge on any atom is -0.309 e. The number of rotatable bonds is 1. The summed E-state index contributed by atoms with van der Waals surface area (Å²) in [5.74, 6) is 0. The summed E-state index contributed by atoms with van der Waals surface area (Å²) < 4.78 is 4.75. The van der Waals surface area contributed by atoms with Gasteiger partial charge in [0.25, 0.3) is 0 Å². The number of benzene rings is 5. The van der Waals surface area contributed by atoms with Crippen LogP contribution in [0.15, 0.2) is 116 Å². The molecule has 0 amide bonds. The largest absolute Gasteiger partial charge is 0.309 e. The van der Waals surface area contributed by atoms with Crippen LogP contribution < -0.4 is 0 Å². The van der Waals surface area contributed by atoms with Crippen LogP contribution in [-0.2, 0) is 6.42 Å². The number of hydrogen-bond donors (Lipinski definition) is 0. The highest BCUT2D eigenvalue weighted by Crippen LogP contribution is 2.45. The molecule has 0 bridgehead atoms. The minimum absolute atomic E-state index is 0.944. The zero-order chi connectivity index (χ0) is 24.1. The molecule has 0 fully saturated rings. The molecule has 3 heterocycles. The summed E-state index contributed by atoms with van der Waals surface area (Å²) in [7, 11) is 0. The third kappa shape index (κ3) is 2.39. The Hall–Kier alpha value is -4.89. The Morgan fingerprint density at radius 2 is 1.38 bits per heavy atom. The molecule has 3 heteroatoms. The van der Waals surface area contributed by atoms with E-state index in [0.717, 1.165) is 12.1 Å². The fourth-order valence-electron chi connectivity index (χ4n) is 6.72. The van der Waals surface area contributed by atoms with Crippen molar-refractivity contribution in [3.63, 3.8) is 0 Å². The molecule has 0 unspecified atom stereocenters. The van der Waals surface area contributed by atoms with Gasteiger partial charge in [0.1, 0.15) is 5.65 Å². The lowest BCUT2D eigenvalue weighted by Crippen LogP contribution is -1.98. The normalized spacial score (nSPS) is 12.8. The third-order valence-corrected chi connectivity index (χ3v) is 8.20. The van der Waals surface area contributed by atoms with Crippen molar-refractivity contribution in [1.82, 2.24) is 14.0 Å². The van der Waals surface area contributed by atoms with Crippen molar-refractivity contribution < 1.29 is 0 Å². The van der Waals surface area contributed by atoms with Gasteiger partial charge in [-0.25, -0.2) is 4.98 Å². The molecule has 37 heavy (non-hydrogen) atoms. The van der Waals surface area contributed by atoms with Gasteiger partial charge in [-0.2, -0.15) is 0 Å². The summed E-state index contributed by atoms with van der Waals surface area (Å²) in [5.41, 5.74) is 11.4. The fraction of sp³-hybridized carbons (Fsp3) is 0.0294. The maximum atomic E-state index is 4.89. The van der Waals surface area contributed by atoms with Crippen LogP contribution >= 0.6 is 0 Å². The molecule has 9 rings (SSSR count). The van der Waals surface area contributed by atoms with Crippen LogP contribution in [0.2, 0.25) is 0 Å². The predicted octanol–water partition coefficient (Wildman–Crippen LogP) is 8.31. The summed E-state index contributed by atoms with van der Waals surface area (Å²) in [6.45, 7) is 0. The molecular formula is C34H21N3. The summed E-state index contributed by atoms with van der Waals surface area (Å²) in [5, 5.41) is 6.27. The summed E-state index contributed by atoms with van der Waals surface area (Å²) in [6, 6.07) is 37.5. The number of pyridine rings is 1. The molecule has 0 aliphatic heterocycles. The molecule has 1 aliphatic carbocycles. The minimum atomic E-state index is 0.944. The number of hydrogen-bond acceptors (Lipinski definition) is 1. The van der Waals surface area contributed by atoms with Crippen molar-refractivity contribution in [2.75, 3.05) is 0 Å². The first kappa shape index (κ1) is 19.3. The maximum Gasteiger partial charge on any atom is 0.145 e. The monoisotopic (exact) mass is 471 g/mol. The van der Waals surface area contributed by atoms with Crippen molar-refractivity contribution in [2.45, 2.75) is 6.42 Å². The van der Waals surface area contributed by atoms with Gasteiger partial charge in [-0.05, 0) is 46.5 Å². The maximum absolute atomic E-state index is 4.89. The topological polar surface area (TPSA) is 22.2 Å². The van der Waals surface area contributed by atoms with Crippen molar-refractivity contribution in [3.8, 4) is 16.8 Å². The Kier molecular flexibility index (Phi) is 3.58. The van der Waals surface area contributed by atoms with Gasteiger partial charge in [0.15, 0.2) is 0 Å². The zero-order valence-corrected chi connectivity index (χ0v) is 20.0. The summed E-state index contributed by atoms with van der Waals surface area (Å²) in [6.07, 6.45) is 5.00. The van der Waals surface area contributed by atoms with Gasteiger partial charge in [0.05, 0.1) is 16.6 Å². The van der Waals surface area contributed by atoms with Gasteiger partial charge in [-0.1, -0.05) is 78.9 Å². The molecule has 0 N–H and O–H groups in total. The van der Waals surface area contributed by atoms with Crippen molar-refractivity contribution >= 4 is 49.1 Å². The molecule has 0 saturated carbocycles. The number of aromatic nitrogens is 3. The first-order chi connectivity index (χ1) is 18.4. The van der Waals surface area contributed by atoms with Gasteiger partial charge in [-0.3, -0.25) is 4.40 Å². The first-order valence-corrected chi connectivity index (χ1v) is 12.8. The Morgan fingerprint density at radius 3 is 2.32 bits per heavy atom. The van der Waals surface area contributed by atoms with Crippen LogP contribution in [0.5, 0.6) is 0 Å². The van der Waals surface area contributed by atoms with Crippen LogP contribution in [0.4, 0.5) is 0 Å². The van der Waals surface area contributed by atoms with E-state index in [2.05, 4.69) is 118 Å². The molecule has 0 radical (unpaired) electrons. The first-order valence-electron chi connectivity index (χ1n) is 12.8. The van der Waals surface area contributed by atoms with Crippen LogP contribution in [0, 0.1) is 0 Å². The van der Waals surface area contributed by atoms with E-state index in [9.17, 15) is 0 Å². The van der Waals surface area contributed by atoms with Crippen LogP contribution in [-0.4, -0.2) is 14.0 Å². The highest BCUT2D eigenvalue weighted by atomic mass is 15.0. The van der Waals surface area contributed by atoms with E-state index in [4.69, 9.17) is 4.98 Å². The Morgan fingerprint density at radius 1 is 0.595 bits per heavy atom. The highest BCUT2D eigenvalue weighted by molar-refractivity contribution is 6.28. The van der Waals surface area contributed by atoms with Crippen LogP contribution in [0.3, 0.4) is 0 Å². The summed E-state index contributed by atoms with van der Waals surface area (Å²) >= 11 is 0. The van der Waals surface area contributed by atoms with Gasteiger partial charge in [0.2, 0.25) is 0 Å². The molecule has 0 atom stereocenters. The molecule has 5 aromatic carbocycles. The highest BCUT2D eigenvalue weighted by Gasteiger charge is 2.25. The van der Waals surface area contributed by atoms with E-state index in [0.29, 0.717) is 0 Å². The fourth-order valence-corrected chi connectivity index (χ4v) is 6.72. The molecule has 3 aromatic heterocycles. The second-order valence-electron chi connectivity index (χ2n) is 10.0. The van der Waals surface area contributed by atoms with E-state index in [-0.39, 0.29) is 0 Å². The molecule has 172 valence electrons. The van der Waals surface area contributed by atoms with Crippen molar-refractivity contribution in [3.05, 3.63) is 127 Å². The zero-order valence-electron chi connectivity index (χ0n) is 20.0. The second kappa shape index (κ2) is 6.86. The van der Waals surface area contributed by atoms with Gasteiger partial charge in [-0.15, -0.1) is 0 Å². The molecule has 0 spiro atoms. The van der Waals surface area contributed by atoms with Crippen LogP contribution in [0.25, 0.3) is 65.9 Å². The van der Waals surface area contributed by atoms with E-state index in [1.807, 2.05) is 6.20 Å². The Balaban J connectivity index is 1.56. The average Bonchev–Trinajstić information content (AvgIpc) is 3.67. The predicted molar refractivity (Wildman–Crippen MR) is 153 cm³/mol. The Labute approximate surface area is 212 Å². The van der Waals surface area contributed by atoms with Crippen LogP contribution in [0.1, 0.15) is 11.1 Å². The molecule has 0 saturated heterocycles. The standard InChI is InChI=1S/C34H21N3/c1-2-9-22(10-3-1)37-30-13-7-6-12-25(30)26-15-17-28-31(33(26)37)27-16-14-24-23-11-5-4-8-21(23)20-29(24)32(27)36-19-18-35-34(28)36/h1-19H,20H2. The van der Waals surface area contributed by atoms with Crippen molar-refractivity contribution in [1.29, 1.82) is 0 Å². The average molecular weight is 472 g/mol. The van der Waals surface area contributed by atoms with E-state index >= 15 is 0 Å². The molecular weight excluding hydrogens is 450 g/mol. The third-order valence-electron chi connectivity index (χ3n) is 8.20. The quantitative estimate of drug-likeness (QED) is 0.221. The molecule has 1 aliphatic rings. The van der Waals surface area contributed by atoms with Gasteiger partial charge < -0.3 is 4.57 Å². The van der Waals surface area contributed by atoms with Gasteiger partial charge in [0, 0.05) is 51.4 Å². The van der Waals surface area contributed by atoms with E-state index < -0.39 is 0 Å². The lowest BCUT2D eigenvalue weighted by Gasteiger charge is -2.15. The number of nitrogens with zero attached hydrogens (tertiary/aromatic N) is 3. The smallest absolute Gasteiger partial charge is 0.145 e. The van der Waals surface area contributed by atoms with E-state index in [1.165, 1.54) is 71.4 Å². The SMILES string of the molecule is c1ccc(-n2c3ccccc3c3ccc4c(c5ccc6c(c5n5ccnc45)Cc4ccccc4-6)c32)cc1. The lowest BCUT2D eigenvalue weighted by molar-refractivity contribution is 1.18.